The highest BCUT2D eigenvalue weighted by Crippen LogP contribution is 2.40. The number of hydrogen-bond donors (Lipinski definition) is 0. The van der Waals surface area contributed by atoms with Crippen LogP contribution in [-0.2, 0) is 11.2 Å². The number of aromatic nitrogens is 2. The molecule has 1 aromatic heterocycles. The second-order valence-corrected chi connectivity index (χ2v) is 7.51. The van der Waals surface area contributed by atoms with Crippen molar-refractivity contribution < 1.29 is 18.4 Å². The number of carbonyl (C=O) groups excluding carboxylic acids is 1. The summed E-state index contributed by atoms with van der Waals surface area (Å²) in [7, 11) is 1.41. The average molecular weight is 393 g/mol. The summed E-state index contributed by atoms with van der Waals surface area (Å²) in [5.41, 5.74) is 3.06. The summed E-state index contributed by atoms with van der Waals surface area (Å²) in [6.45, 7) is 0.552. The Labute approximate surface area is 167 Å². The van der Waals surface area contributed by atoms with E-state index in [0.717, 1.165) is 12.8 Å². The van der Waals surface area contributed by atoms with Gasteiger partial charge in [-0.25, -0.2) is 4.39 Å². The van der Waals surface area contributed by atoms with E-state index >= 15 is 0 Å². The van der Waals surface area contributed by atoms with Gasteiger partial charge in [-0.2, -0.15) is 4.98 Å². The van der Waals surface area contributed by atoms with Crippen LogP contribution < -0.4 is 4.74 Å². The number of halogens is 1. The molecule has 1 amide bonds. The molecule has 0 saturated carbocycles. The van der Waals surface area contributed by atoms with E-state index in [0.29, 0.717) is 30.2 Å². The van der Waals surface area contributed by atoms with E-state index in [1.807, 2.05) is 17.0 Å². The Balaban J connectivity index is 1.36. The molecule has 1 aliphatic carbocycles. The number of likely N-dealkylation sites (tertiary alicyclic amines) is 1. The van der Waals surface area contributed by atoms with Crippen molar-refractivity contribution in [2.45, 2.75) is 31.2 Å². The van der Waals surface area contributed by atoms with Crippen molar-refractivity contribution in [2.75, 3.05) is 13.7 Å². The summed E-state index contributed by atoms with van der Waals surface area (Å²) in [5.74, 6) is 0.341. The van der Waals surface area contributed by atoms with E-state index in [2.05, 4.69) is 22.3 Å². The van der Waals surface area contributed by atoms with Gasteiger partial charge in [-0.3, -0.25) is 4.79 Å². The molecule has 7 heteroatoms. The Morgan fingerprint density at radius 1 is 1.24 bits per heavy atom. The molecule has 29 heavy (non-hydrogen) atoms. The number of ether oxygens (including phenoxy) is 1. The normalized spacial score (nSPS) is 20.9. The molecule has 148 valence electrons. The van der Waals surface area contributed by atoms with Crippen LogP contribution in [-0.4, -0.2) is 34.6 Å². The molecular weight excluding hydrogens is 373 g/mol. The molecule has 2 heterocycles. The molecule has 2 unspecified atom stereocenters. The number of amides is 1. The summed E-state index contributed by atoms with van der Waals surface area (Å²) in [4.78, 5) is 19.1. The van der Waals surface area contributed by atoms with Crippen LogP contribution in [0.3, 0.4) is 0 Å². The van der Waals surface area contributed by atoms with Crippen molar-refractivity contribution in [1.29, 1.82) is 0 Å². The molecule has 0 radical (unpaired) electrons. The van der Waals surface area contributed by atoms with Crippen LogP contribution >= 0.6 is 0 Å². The number of methoxy groups -OCH3 is 1. The minimum Gasteiger partial charge on any atom is -0.494 e. The first-order valence-corrected chi connectivity index (χ1v) is 9.69. The summed E-state index contributed by atoms with van der Waals surface area (Å²) in [5, 5.41) is 3.99. The van der Waals surface area contributed by atoms with Gasteiger partial charge in [-0.1, -0.05) is 29.4 Å². The smallest absolute Gasteiger partial charge is 0.232 e. The quantitative estimate of drug-likeness (QED) is 0.673. The van der Waals surface area contributed by atoms with Gasteiger partial charge < -0.3 is 14.2 Å². The standard InChI is InChI=1S/C22H20FN3O3/c1-28-19-9-7-14(10-17(19)23)21-24-22(29-25-21)15-11-20(27)26(12-15)18-8-6-13-4-2-3-5-16(13)18/h2-5,7,9-10,15,18H,6,8,11-12H2,1H3. The summed E-state index contributed by atoms with van der Waals surface area (Å²) >= 11 is 0. The zero-order valence-electron chi connectivity index (χ0n) is 16.0. The monoisotopic (exact) mass is 393 g/mol. The lowest BCUT2D eigenvalue weighted by atomic mass is 10.1. The van der Waals surface area contributed by atoms with Gasteiger partial charge in [0, 0.05) is 18.5 Å². The predicted molar refractivity (Wildman–Crippen MR) is 103 cm³/mol. The van der Waals surface area contributed by atoms with E-state index < -0.39 is 5.82 Å². The molecule has 1 aliphatic heterocycles. The lowest BCUT2D eigenvalue weighted by molar-refractivity contribution is -0.129. The molecule has 2 atom stereocenters. The molecule has 2 aliphatic rings. The molecule has 0 N–H and O–H groups in total. The van der Waals surface area contributed by atoms with Crippen LogP contribution in [0, 0.1) is 5.82 Å². The first kappa shape index (κ1) is 17.8. The van der Waals surface area contributed by atoms with Gasteiger partial charge in [0.2, 0.25) is 17.6 Å². The van der Waals surface area contributed by atoms with Gasteiger partial charge in [0.15, 0.2) is 11.6 Å². The Bertz CT molecular complexity index is 1080. The van der Waals surface area contributed by atoms with Gasteiger partial charge in [0.25, 0.3) is 0 Å². The van der Waals surface area contributed by atoms with Crippen molar-refractivity contribution in [1.82, 2.24) is 15.0 Å². The van der Waals surface area contributed by atoms with E-state index in [1.54, 1.807) is 6.07 Å². The fourth-order valence-corrected chi connectivity index (χ4v) is 4.38. The Morgan fingerprint density at radius 3 is 2.93 bits per heavy atom. The van der Waals surface area contributed by atoms with Crippen LogP contribution in [0.25, 0.3) is 11.4 Å². The van der Waals surface area contributed by atoms with Crippen molar-refractivity contribution in [3.8, 4) is 17.1 Å². The van der Waals surface area contributed by atoms with Crippen LogP contribution in [0.15, 0.2) is 47.0 Å². The highest BCUT2D eigenvalue weighted by molar-refractivity contribution is 5.80. The topological polar surface area (TPSA) is 68.5 Å². The second kappa shape index (κ2) is 6.99. The van der Waals surface area contributed by atoms with Crippen LogP contribution in [0.4, 0.5) is 4.39 Å². The Hall–Kier alpha value is -3.22. The predicted octanol–water partition coefficient (Wildman–Crippen LogP) is 3.89. The summed E-state index contributed by atoms with van der Waals surface area (Å²) in [6.07, 6.45) is 2.28. The van der Waals surface area contributed by atoms with Crippen LogP contribution in [0.1, 0.15) is 41.8 Å². The van der Waals surface area contributed by atoms with Gasteiger partial charge in [-0.15, -0.1) is 0 Å². The fourth-order valence-electron chi connectivity index (χ4n) is 4.38. The maximum absolute atomic E-state index is 14.0. The van der Waals surface area contributed by atoms with Crippen molar-refractivity contribution >= 4 is 5.91 Å². The Kier molecular flexibility index (Phi) is 4.30. The molecular formula is C22H20FN3O3. The second-order valence-electron chi connectivity index (χ2n) is 7.51. The number of rotatable bonds is 4. The third-order valence-electron chi connectivity index (χ3n) is 5.84. The van der Waals surface area contributed by atoms with Crippen molar-refractivity contribution in [3.05, 3.63) is 65.3 Å². The van der Waals surface area contributed by atoms with Crippen molar-refractivity contribution in [3.63, 3.8) is 0 Å². The van der Waals surface area contributed by atoms with Crippen molar-refractivity contribution in [2.24, 2.45) is 0 Å². The number of benzene rings is 2. The number of hydrogen-bond acceptors (Lipinski definition) is 5. The van der Waals surface area contributed by atoms with Gasteiger partial charge in [0.05, 0.1) is 19.1 Å². The lowest BCUT2D eigenvalue weighted by Gasteiger charge is -2.25. The SMILES string of the molecule is COc1ccc(-c2noc(C3CC(=O)N(C4CCc5ccccc54)C3)n2)cc1F. The minimum atomic E-state index is -0.488. The Morgan fingerprint density at radius 2 is 2.10 bits per heavy atom. The highest BCUT2D eigenvalue weighted by atomic mass is 19.1. The maximum Gasteiger partial charge on any atom is 0.232 e. The average Bonchev–Trinajstić information content (AvgIpc) is 3.45. The van der Waals surface area contributed by atoms with Gasteiger partial charge in [0.1, 0.15) is 0 Å². The van der Waals surface area contributed by atoms with Gasteiger partial charge in [-0.05, 0) is 42.2 Å². The zero-order chi connectivity index (χ0) is 20.0. The number of aryl methyl sites for hydroxylation is 1. The molecule has 5 rings (SSSR count). The summed E-state index contributed by atoms with van der Waals surface area (Å²) < 4.78 is 24.3. The van der Waals surface area contributed by atoms with Crippen LogP contribution in [0.2, 0.25) is 0 Å². The van der Waals surface area contributed by atoms with E-state index in [4.69, 9.17) is 9.26 Å². The number of fused-ring (bicyclic) bond motifs is 1. The highest BCUT2D eigenvalue weighted by Gasteiger charge is 2.40. The minimum absolute atomic E-state index is 0.104. The zero-order valence-corrected chi connectivity index (χ0v) is 16.0. The number of carbonyl (C=O) groups is 1. The van der Waals surface area contributed by atoms with E-state index in [9.17, 15) is 9.18 Å². The molecule has 0 spiro atoms. The largest absolute Gasteiger partial charge is 0.494 e. The molecule has 1 fully saturated rings. The first-order chi connectivity index (χ1) is 14.1. The molecule has 3 aromatic rings. The summed E-state index contributed by atoms with van der Waals surface area (Å²) in [6, 6.07) is 12.9. The van der Waals surface area contributed by atoms with Gasteiger partial charge >= 0.3 is 0 Å². The number of nitrogens with zero attached hydrogens (tertiary/aromatic N) is 3. The third-order valence-corrected chi connectivity index (χ3v) is 5.84. The molecule has 0 bridgehead atoms. The lowest BCUT2D eigenvalue weighted by Crippen LogP contribution is -2.28. The maximum atomic E-state index is 14.0. The van der Waals surface area contributed by atoms with E-state index in [-0.39, 0.29) is 23.6 Å². The fraction of sp³-hybridized carbons (Fsp3) is 0.318. The molecule has 2 aromatic carbocycles. The molecule has 6 nitrogen and oxygen atoms in total. The molecule has 1 saturated heterocycles. The van der Waals surface area contributed by atoms with Crippen LogP contribution in [0.5, 0.6) is 5.75 Å². The third kappa shape index (κ3) is 3.06. The first-order valence-electron chi connectivity index (χ1n) is 9.69. The van der Waals surface area contributed by atoms with E-state index in [1.165, 1.54) is 30.4 Å².